The lowest BCUT2D eigenvalue weighted by Crippen LogP contribution is -2.36. The van der Waals surface area contributed by atoms with E-state index in [2.05, 4.69) is 0 Å². The topological polar surface area (TPSA) is 55.8 Å². The van der Waals surface area contributed by atoms with E-state index in [1.54, 1.807) is 0 Å². The molecule has 0 aromatic carbocycles. The van der Waals surface area contributed by atoms with Gasteiger partial charge in [-0.2, -0.15) is 0 Å². The largest absolute Gasteiger partial charge is 0.481 e. The number of hydrogen-bond acceptors (Lipinski definition) is 3. The summed E-state index contributed by atoms with van der Waals surface area (Å²) in [4.78, 5) is 10.6. The van der Waals surface area contributed by atoms with Gasteiger partial charge in [0.05, 0.1) is 17.6 Å². The number of rotatable bonds is 4. The first-order valence-electron chi connectivity index (χ1n) is 5.07. The summed E-state index contributed by atoms with van der Waals surface area (Å²) in [5.74, 6) is -0.923. The monoisotopic (exact) mass is 218 g/mol. The van der Waals surface area contributed by atoms with Crippen molar-refractivity contribution in [1.82, 2.24) is 0 Å². The fourth-order valence-corrected chi connectivity index (χ4v) is 1.04. The van der Waals surface area contributed by atoms with Crippen molar-refractivity contribution in [2.45, 2.75) is 65.5 Å². The molecule has 0 saturated heterocycles. The van der Waals surface area contributed by atoms with E-state index in [4.69, 9.17) is 14.6 Å². The summed E-state index contributed by atoms with van der Waals surface area (Å²) >= 11 is 0. The number of hydrogen-bond donors (Lipinski definition) is 1. The molecule has 4 heteroatoms. The van der Waals surface area contributed by atoms with Crippen molar-refractivity contribution < 1.29 is 19.4 Å². The maximum atomic E-state index is 10.6. The van der Waals surface area contributed by atoms with E-state index in [1.807, 2.05) is 41.5 Å². The lowest BCUT2D eigenvalue weighted by atomic mass is 10.1. The van der Waals surface area contributed by atoms with Gasteiger partial charge in [-0.25, -0.2) is 0 Å². The SMILES string of the molecule is CC(C)(C)OC(CC(=O)O)OC(C)(C)C. The van der Waals surface area contributed by atoms with E-state index in [0.717, 1.165) is 0 Å². The Hall–Kier alpha value is -0.610. The maximum absolute atomic E-state index is 10.6. The zero-order chi connectivity index (χ0) is 12.3. The molecular formula is C11H22O4. The zero-order valence-corrected chi connectivity index (χ0v) is 10.5. The Balaban J connectivity index is 4.39. The van der Waals surface area contributed by atoms with Gasteiger partial charge >= 0.3 is 5.97 Å². The van der Waals surface area contributed by atoms with Crippen LogP contribution in [0.25, 0.3) is 0 Å². The highest BCUT2D eigenvalue weighted by Crippen LogP contribution is 2.19. The molecule has 90 valence electrons. The molecule has 0 rings (SSSR count). The molecule has 4 nitrogen and oxygen atoms in total. The Morgan fingerprint density at radius 1 is 1.07 bits per heavy atom. The molecule has 1 N–H and O–H groups in total. The van der Waals surface area contributed by atoms with Crippen molar-refractivity contribution in [3.63, 3.8) is 0 Å². The van der Waals surface area contributed by atoms with E-state index in [1.165, 1.54) is 0 Å². The van der Waals surface area contributed by atoms with Crippen molar-refractivity contribution in [1.29, 1.82) is 0 Å². The second kappa shape index (κ2) is 4.94. The second-order valence-corrected chi connectivity index (χ2v) is 5.49. The molecule has 0 saturated carbocycles. The van der Waals surface area contributed by atoms with Gasteiger partial charge in [0.25, 0.3) is 0 Å². The average molecular weight is 218 g/mol. The number of carboxylic acids is 1. The van der Waals surface area contributed by atoms with Gasteiger partial charge in [0.1, 0.15) is 0 Å². The summed E-state index contributed by atoms with van der Waals surface area (Å²) in [6, 6.07) is 0. The molecule has 0 aromatic rings. The van der Waals surface area contributed by atoms with Crippen LogP contribution in [0.4, 0.5) is 0 Å². The van der Waals surface area contributed by atoms with Crippen LogP contribution in [0.2, 0.25) is 0 Å². The molecule has 0 atom stereocenters. The summed E-state index contributed by atoms with van der Waals surface area (Å²) in [6.45, 7) is 11.2. The van der Waals surface area contributed by atoms with E-state index in [-0.39, 0.29) is 6.42 Å². The Bertz CT molecular complexity index is 194. The average Bonchev–Trinajstić information content (AvgIpc) is 1.73. The Morgan fingerprint density at radius 3 is 1.60 bits per heavy atom. The first-order chi connectivity index (χ1) is 6.49. The van der Waals surface area contributed by atoms with E-state index >= 15 is 0 Å². The van der Waals surface area contributed by atoms with Gasteiger partial charge in [0, 0.05) is 0 Å². The van der Waals surface area contributed by atoms with Crippen molar-refractivity contribution >= 4 is 5.97 Å². The number of ether oxygens (including phenoxy) is 2. The Morgan fingerprint density at radius 2 is 1.40 bits per heavy atom. The fourth-order valence-electron chi connectivity index (χ4n) is 1.04. The minimum absolute atomic E-state index is 0.144. The molecule has 0 bridgehead atoms. The van der Waals surface area contributed by atoms with Crippen LogP contribution < -0.4 is 0 Å². The highest BCUT2D eigenvalue weighted by atomic mass is 16.7. The van der Waals surface area contributed by atoms with Crippen LogP contribution in [0.15, 0.2) is 0 Å². The summed E-state index contributed by atoms with van der Waals surface area (Å²) in [6.07, 6.45) is -0.850. The summed E-state index contributed by atoms with van der Waals surface area (Å²) in [5.41, 5.74) is -0.823. The van der Waals surface area contributed by atoms with Crippen molar-refractivity contribution in [3.05, 3.63) is 0 Å². The molecule has 0 spiro atoms. The highest BCUT2D eigenvalue weighted by Gasteiger charge is 2.26. The van der Waals surface area contributed by atoms with Crippen molar-refractivity contribution in [2.24, 2.45) is 0 Å². The molecule has 0 fully saturated rings. The fraction of sp³-hybridized carbons (Fsp3) is 0.909. The van der Waals surface area contributed by atoms with Crippen LogP contribution in [-0.4, -0.2) is 28.6 Å². The summed E-state index contributed by atoms with van der Waals surface area (Å²) < 4.78 is 11.0. The minimum Gasteiger partial charge on any atom is -0.481 e. The van der Waals surface area contributed by atoms with Crippen molar-refractivity contribution in [2.75, 3.05) is 0 Å². The Kier molecular flexibility index (Phi) is 4.74. The van der Waals surface area contributed by atoms with E-state index < -0.39 is 23.5 Å². The molecule has 0 aromatic heterocycles. The standard InChI is InChI=1S/C11H22O4/c1-10(2,3)14-9(7-8(12)13)15-11(4,5)6/h9H,7H2,1-6H3,(H,12,13). The highest BCUT2D eigenvalue weighted by molar-refractivity contribution is 5.67. The summed E-state index contributed by atoms with van der Waals surface area (Å²) in [5, 5.41) is 8.72. The van der Waals surface area contributed by atoms with Gasteiger partial charge in [-0.1, -0.05) is 0 Å². The van der Waals surface area contributed by atoms with E-state index in [0.29, 0.717) is 0 Å². The minimum atomic E-state index is -0.923. The van der Waals surface area contributed by atoms with Crippen LogP contribution in [0.1, 0.15) is 48.0 Å². The number of carboxylic acid groups (broad SMARTS) is 1. The van der Waals surface area contributed by atoms with Gasteiger partial charge < -0.3 is 14.6 Å². The first kappa shape index (κ1) is 14.4. The van der Waals surface area contributed by atoms with Gasteiger partial charge in [-0.05, 0) is 41.5 Å². The van der Waals surface area contributed by atoms with Crippen molar-refractivity contribution in [3.8, 4) is 0 Å². The van der Waals surface area contributed by atoms with Crippen LogP contribution in [0.3, 0.4) is 0 Å². The Labute approximate surface area is 91.6 Å². The smallest absolute Gasteiger partial charge is 0.308 e. The van der Waals surface area contributed by atoms with Gasteiger partial charge in [0.15, 0.2) is 6.29 Å². The van der Waals surface area contributed by atoms with Crippen LogP contribution >= 0.6 is 0 Å². The molecular weight excluding hydrogens is 196 g/mol. The lowest BCUT2D eigenvalue weighted by Gasteiger charge is -2.31. The number of aliphatic carboxylic acids is 1. The predicted molar refractivity (Wildman–Crippen MR) is 57.7 cm³/mol. The van der Waals surface area contributed by atoms with Crippen LogP contribution in [0, 0.1) is 0 Å². The van der Waals surface area contributed by atoms with Crippen LogP contribution in [0.5, 0.6) is 0 Å². The van der Waals surface area contributed by atoms with E-state index in [9.17, 15) is 4.79 Å². The molecule has 0 amide bonds. The molecule has 0 aliphatic rings. The molecule has 0 heterocycles. The van der Waals surface area contributed by atoms with Gasteiger partial charge in [0.2, 0.25) is 0 Å². The third kappa shape index (κ3) is 9.69. The zero-order valence-electron chi connectivity index (χ0n) is 10.5. The predicted octanol–water partition coefficient (Wildman–Crippen LogP) is 2.42. The number of carbonyl (C=O) groups is 1. The molecule has 0 aliphatic carbocycles. The second-order valence-electron chi connectivity index (χ2n) is 5.49. The quantitative estimate of drug-likeness (QED) is 0.736. The molecule has 15 heavy (non-hydrogen) atoms. The van der Waals surface area contributed by atoms with Gasteiger partial charge in [-0.3, -0.25) is 4.79 Å². The lowest BCUT2D eigenvalue weighted by molar-refractivity contribution is -0.236. The normalized spacial score (nSPS) is 13.3. The van der Waals surface area contributed by atoms with Crippen LogP contribution in [-0.2, 0) is 14.3 Å². The third-order valence-electron chi connectivity index (χ3n) is 1.31. The summed E-state index contributed by atoms with van der Waals surface area (Å²) in [7, 11) is 0. The third-order valence-corrected chi connectivity index (χ3v) is 1.31. The molecule has 0 radical (unpaired) electrons. The first-order valence-corrected chi connectivity index (χ1v) is 5.07. The molecule has 0 unspecified atom stereocenters. The van der Waals surface area contributed by atoms with Gasteiger partial charge in [-0.15, -0.1) is 0 Å². The molecule has 0 aliphatic heterocycles. The maximum Gasteiger partial charge on any atom is 0.308 e.